The van der Waals surface area contributed by atoms with Gasteiger partial charge >= 0.3 is 0 Å². The smallest absolute Gasteiger partial charge is 0.237 e. The van der Waals surface area contributed by atoms with Gasteiger partial charge in [-0.1, -0.05) is 12.8 Å². The van der Waals surface area contributed by atoms with E-state index >= 15 is 0 Å². The van der Waals surface area contributed by atoms with E-state index in [4.69, 9.17) is 0 Å². The van der Waals surface area contributed by atoms with Gasteiger partial charge in [0.25, 0.3) is 0 Å². The van der Waals surface area contributed by atoms with Gasteiger partial charge in [0, 0.05) is 19.1 Å². The van der Waals surface area contributed by atoms with E-state index in [1.807, 2.05) is 0 Å². The van der Waals surface area contributed by atoms with Crippen LogP contribution >= 0.6 is 25.4 Å². The molecular formula is C13H24N4O3S2. The number of thiol groups is 2. The SMILES string of the molecule is O=CNCCCCC1NC(CCC(NS)C(=O)S)CNC1=O. The zero-order valence-electron chi connectivity index (χ0n) is 12.4. The molecule has 0 aliphatic carbocycles. The van der Waals surface area contributed by atoms with Gasteiger partial charge in [-0.05, 0) is 32.1 Å². The lowest BCUT2D eigenvalue weighted by Crippen LogP contribution is -2.58. The second kappa shape index (κ2) is 10.9. The van der Waals surface area contributed by atoms with E-state index in [1.165, 1.54) is 0 Å². The van der Waals surface area contributed by atoms with E-state index < -0.39 is 0 Å². The van der Waals surface area contributed by atoms with Crippen molar-refractivity contribution in [3.8, 4) is 0 Å². The molecule has 0 spiro atoms. The first-order chi connectivity index (χ1) is 10.6. The summed E-state index contributed by atoms with van der Waals surface area (Å²) in [6.45, 7) is 1.18. The van der Waals surface area contributed by atoms with Gasteiger partial charge in [-0.25, -0.2) is 0 Å². The van der Waals surface area contributed by atoms with Gasteiger partial charge in [0.15, 0.2) is 0 Å². The Bertz CT molecular complexity index is 384. The fourth-order valence-corrected chi connectivity index (χ4v) is 2.95. The molecule has 22 heavy (non-hydrogen) atoms. The summed E-state index contributed by atoms with van der Waals surface area (Å²) in [6.07, 6.45) is 4.45. The van der Waals surface area contributed by atoms with Crippen molar-refractivity contribution in [2.45, 2.75) is 50.2 Å². The Balaban J connectivity index is 2.31. The van der Waals surface area contributed by atoms with Crippen molar-refractivity contribution in [1.29, 1.82) is 0 Å². The number of hydrogen-bond acceptors (Lipinski definition) is 6. The molecule has 7 nitrogen and oxygen atoms in total. The van der Waals surface area contributed by atoms with Crippen LogP contribution in [0.5, 0.6) is 0 Å². The average molecular weight is 348 g/mol. The van der Waals surface area contributed by atoms with Gasteiger partial charge in [-0.3, -0.25) is 19.1 Å². The van der Waals surface area contributed by atoms with E-state index in [-0.39, 0.29) is 29.1 Å². The van der Waals surface area contributed by atoms with Gasteiger partial charge in [-0.15, -0.1) is 12.6 Å². The fraction of sp³-hybridized carbons (Fsp3) is 0.769. The van der Waals surface area contributed by atoms with Crippen LogP contribution < -0.4 is 20.7 Å². The third-order valence-electron chi connectivity index (χ3n) is 3.68. The first kappa shape index (κ1) is 19.3. The molecule has 1 rings (SSSR count). The highest BCUT2D eigenvalue weighted by molar-refractivity contribution is 7.96. The third kappa shape index (κ3) is 6.99. The van der Waals surface area contributed by atoms with Gasteiger partial charge in [0.2, 0.25) is 17.4 Å². The Kier molecular flexibility index (Phi) is 9.53. The quantitative estimate of drug-likeness (QED) is 0.170. The number of carbonyl (C=O) groups excluding carboxylic acids is 3. The first-order valence-corrected chi connectivity index (χ1v) is 8.31. The van der Waals surface area contributed by atoms with Crippen LogP contribution in [-0.2, 0) is 14.4 Å². The van der Waals surface area contributed by atoms with Crippen LogP contribution in [0.2, 0.25) is 0 Å². The summed E-state index contributed by atoms with van der Waals surface area (Å²) in [4.78, 5) is 33.2. The van der Waals surface area contributed by atoms with Gasteiger partial charge in [0.05, 0.1) is 12.1 Å². The summed E-state index contributed by atoms with van der Waals surface area (Å²) in [5, 5.41) is 8.57. The molecule has 0 aromatic rings. The molecule has 1 fully saturated rings. The molecule has 3 unspecified atom stereocenters. The van der Waals surface area contributed by atoms with Crippen molar-refractivity contribution < 1.29 is 14.4 Å². The molecule has 3 atom stereocenters. The molecule has 2 amide bonds. The highest BCUT2D eigenvalue weighted by atomic mass is 32.1. The standard InChI is InChI=1S/C13H24N4O3S2/c18-8-14-6-2-1-3-10-12(19)15-7-9(16-10)4-5-11(17-22)13(20)21/h8-11,16-17,22H,1-7H2,(H,14,18)(H,15,19)(H,20,21). The second-order valence-electron chi connectivity index (χ2n) is 5.33. The molecule has 0 aromatic heterocycles. The normalized spacial score (nSPS) is 22.7. The number of hydrogen-bond donors (Lipinski definition) is 6. The van der Waals surface area contributed by atoms with Gasteiger partial charge in [-0.2, -0.15) is 0 Å². The van der Waals surface area contributed by atoms with Crippen LogP contribution in [0.25, 0.3) is 0 Å². The van der Waals surface area contributed by atoms with E-state index in [2.05, 4.69) is 46.1 Å². The van der Waals surface area contributed by atoms with Gasteiger partial charge in [0.1, 0.15) is 0 Å². The molecule has 0 aromatic carbocycles. The predicted octanol–water partition coefficient (Wildman–Crippen LogP) is -0.601. The molecule has 126 valence electrons. The summed E-state index contributed by atoms with van der Waals surface area (Å²) < 4.78 is 2.63. The molecule has 9 heteroatoms. The average Bonchev–Trinajstić information content (AvgIpc) is 2.50. The Labute approximate surface area is 141 Å². The maximum atomic E-state index is 11.8. The van der Waals surface area contributed by atoms with Crippen LogP contribution in [0.15, 0.2) is 0 Å². The minimum atomic E-state index is -0.390. The molecule has 0 bridgehead atoms. The maximum absolute atomic E-state index is 11.8. The Hall–Kier alpha value is -0.770. The topological polar surface area (TPSA) is 99.3 Å². The first-order valence-electron chi connectivity index (χ1n) is 7.41. The summed E-state index contributed by atoms with van der Waals surface area (Å²) in [5.74, 6) is 0.00809. The summed E-state index contributed by atoms with van der Waals surface area (Å²) in [5.41, 5.74) is 0. The van der Waals surface area contributed by atoms with E-state index in [9.17, 15) is 14.4 Å². The molecule has 1 saturated heterocycles. The number of amides is 2. The zero-order valence-corrected chi connectivity index (χ0v) is 14.2. The lowest BCUT2D eigenvalue weighted by molar-refractivity contribution is -0.125. The predicted molar refractivity (Wildman–Crippen MR) is 90.8 cm³/mol. The molecular weight excluding hydrogens is 324 g/mol. The minimum Gasteiger partial charge on any atom is -0.359 e. The Morgan fingerprint density at radius 3 is 2.82 bits per heavy atom. The zero-order chi connectivity index (χ0) is 16.4. The molecule has 1 aliphatic heterocycles. The molecule has 1 heterocycles. The van der Waals surface area contributed by atoms with E-state index in [0.717, 1.165) is 25.7 Å². The third-order valence-corrected chi connectivity index (χ3v) is 4.30. The summed E-state index contributed by atoms with van der Waals surface area (Å²) in [6, 6.07) is -0.476. The van der Waals surface area contributed by atoms with E-state index in [1.54, 1.807) is 0 Å². The Morgan fingerprint density at radius 2 is 2.18 bits per heavy atom. The Morgan fingerprint density at radius 1 is 1.41 bits per heavy atom. The van der Waals surface area contributed by atoms with Crippen molar-refractivity contribution in [3.05, 3.63) is 0 Å². The summed E-state index contributed by atoms with van der Waals surface area (Å²) in [7, 11) is 0. The monoisotopic (exact) mass is 348 g/mol. The number of carbonyl (C=O) groups is 3. The van der Waals surface area contributed by atoms with Crippen LogP contribution in [-0.4, -0.2) is 48.6 Å². The summed E-state index contributed by atoms with van der Waals surface area (Å²) >= 11 is 7.72. The molecule has 1 aliphatic rings. The highest BCUT2D eigenvalue weighted by Crippen LogP contribution is 2.11. The van der Waals surface area contributed by atoms with Crippen molar-refractivity contribution in [2.24, 2.45) is 0 Å². The number of nitrogens with one attached hydrogen (secondary N) is 4. The van der Waals surface area contributed by atoms with Crippen LogP contribution in [0, 0.1) is 0 Å². The van der Waals surface area contributed by atoms with Crippen molar-refractivity contribution >= 4 is 42.9 Å². The fourth-order valence-electron chi connectivity index (χ4n) is 2.41. The highest BCUT2D eigenvalue weighted by Gasteiger charge is 2.27. The molecule has 0 saturated carbocycles. The number of piperazine rings is 1. The van der Waals surface area contributed by atoms with Crippen LogP contribution in [0.3, 0.4) is 0 Å². The van der Waals surface area contributed by atoms with Crippen LogP contribution in [0.4, 0.5) is 0 Å². The second-order valence-corrected chi connectivity index (χ2v) is 6.03. The lowest BCUT2D eigenvalue weighted by atomic mass is 10.0. The maximum Gasteiger partial charge on any atom is 0.237 e. The van der Waals surface area contributed by atoms with Crippen LogP contribution in [0.1, 0.15) is 32.1 Å². The van der Waals surface area contributed by atoms with Crippen molar-refractivity contribution in [1.82, 2.24) is 20.7 Å². The van der Waals surface area contributed by atoms with E-state index in [0.29, 0.717) is 25.9 Å². The largest absolute Gasteiger partial charge is 0.359 e. The van der Waals surface area contributed by atoms with Crippen molar-refractivity contribution in [2.75, 3.05) is 13.1 Å². The minimum absolute atomic E-state index is 0.00809. The van der Waals surface area contributed by atoms with Crippen molar-refractivity contribution in [3.63, 3.8) is 0 Å². The number of rotatable bonds is 11. The lowest BCUT2D eigenvalue weighted by Gasteiger charge is -2.31. The molecule has 4 N–H and O–H groups in total. The number of unbranched alkanes of at least 4 members (excludes halogenated alkanes) is 1. The van der Waals surface area contributed by atoms with Gasteiger partial charge < -0.3 is 16.0 Å². The molecule has 0 radical (unpaired) electrons.